The van der Waals surface area contributed by atoms with Crippen molar-refractivity contribution < 1.29 is 0 Å². The molecule has 0 radical (unpaired) electrons. The third kappa shape index (κ3) is 2.62. The van der Waals surface area contributed by atoms with Crippen LogP contribution in [0.5, 0.6) is 0 Å². The largest absolute Gasteiger partial charge is 0.329 e. The Bertz CT molecular complexity index is 305. The van der Waals surface area contributed by atoms with Crippen LogP contribution >= 0.6 is 23.1 Å². The molecule has 0 aliphatic carbocycles. The second-order valence-electron chi connectivity index (χ2n) is 4.48. The molecular weight excluding hydrogens is 236 g/mol. The number of thiophene rings is 1. The van der Waals surface area contributed by atoms with E-state index in [0.717, 1.165) is 13.1 Å². The van der Waals surface area contributed by atoms with E-state index in [0.29, 0.717) is 0 Å². The summed E-state index contributed by atoms with van der Waals surface area (Å²) in [6.07, 6.45) is 2.46. The van der Waals surface area contributed by atoms with E-state index in [1.165, 1.54) is 29.2 Å². The highest BCUT2D eigenvalue weighted by molar-refractivity contribution is 7.99. The van der Waals surface area contributed by atoms with Crippen molar-refractivity contribution >= 4 is 23.1 Å². The molecule has 2 nitrogen and oxygen atoms in total. The van der Waals surface area contributed by atoms with Gasteiger partial charge in [0.15, 0.2) is 0 Å². The lowest BCUT2D eigenvalue weighted by Crippen LogP contribution is -2.53. The number of hydrogen-bond donors (Lipinski definition) is 1. The fraction of sp³-hybridized carbons (Fsp3) is 0.667. The van der Waals surface area contributed by atoms with E-state index in [1.54, 1.807) is 0 Å². The Hall–Kier alpha value is -0.0300. The molecule has 0 bridgehead atoms. The minimum atomic E-state index is 0.245. The number of nitrogens with two attached hydrogens (primary N) is 1. The molecule has 0 atom stereocenters. The summed E-state index contributed by atoms with van der Waals surface area (Å²) >= 11 is 3.90. The van der Waals surface area contributed by atoms with Crippen molar-refractivity contribution in [3.8, 4) is 0 Å². The van der Waals surface area contributed by atoms with E-state index in [1.807, 2.05) is 11.3 Å². The summed E-state index contributed by atoms with van der Waals surface area (Å²) in [5, 5.41) is 2.15. The van der Waals surface area contributed by atoms with E-state index < -0.39 is 0 Å². The van der Waals surface area contributed by atoms with E-state index in [2.05, 4.69) is 41.2 Å². The highest BCUT2D eigenvalue weighted by Crippen LogP contribution is 2.32. The lowest BCUT2D eigenvalue weighted by Gasteiger charge is -2.43. The number of thioether (sulfide) groups is 1. The number of rotatable bonds is 4. The lowest BCUT2D eigenvalue weighted by atomic mass is 9.90. The normalized spacial score (nSPS) is 20.2. The van der Waals surface area contributed by atoms with Gasteiger partial charge in [-0.3, -0.25) is 4.90 Å². The zero-order chi connectivity index (χ0) is 11.4. The minimum Gasteiger partial charge on any atom is -0.329 e. The fourth-order valence-electron chi connectivity index (χ4n) is 2.30. The molecule has 0 unspecified atom stereocenters. The van der Waals surface area contributed by atoms with Gasteiger partial charge in [0, 0.05) is 23.5 Å². The molecule has 1 aliphatic heterocycles. The van der Waals surface area contributed by atoms with Gasteiger partial charge in [-0.1, -0.05) is 6.07 Å². The molecule has 0 spiro atoms. The monoisotopic (exact) mass is 256 g/mol. The smallest absolute Gasteiger partial charge is 0.0348 e. The van der Waals surface area contributed by atoms with Crippen LogP contribution in [-0.2, 0) is 6.54 Å². The van der Waals surface area contributed by atoms with Crippen LogP contribution in [0.25, 0.3) is 0 Å². The average molecular weight is 256 g/mol. The molecule has 2 N–H and O–H groups in total. The molecule has 1 aliphatic rings. The first-order valence-corrected chi connectivity index (χ1v) is 7.82. The molecule has 90 valence electrons. The topological polar surface area (TPSA) is 29.3 Å². The van der Waals surface area contributed by atoms with Crippen LogP contribution in [0, 0.1) is 0 Å². The summed E-state index contributed by atoms with van der Waals surface area (Å²) in [4.78, 5) is 3.91. The number of hydrogen-bond acceptors (Lipinski definition) is 4. The van der Waals surface area contributed by atoms with Crippen LogP contribution < -0.4 is 5.73 Å². The number of nitrogens with zero attached hydrogens (tertiary/aromatic N) is 1. The van der Waals surface area contributed by atoms with Gasteiger partial charge in [-0.15, -0.1) is 11.3 Å². The van der Waals surface area contributed by atoms with Crippen molar-refractivity contribution in [1.29, 1.82) is 0 Å². The Morgan fingerprint density at radius 1 is 1.44 bits per heavy atom. The van der Waals surface area contributed by atoms with Crippen LogP contribution in [0.4, 0.5) is 0 Å². The predicted octanol–water partition coefficient (Wildman–Crippen LogP) is 2.40. The molecule has 1 fully saturated rings. The SMILES string of the molecule is CN(Cc1cccs1)C1(CN)CCSCC1. The van der Waals surface area contributed by atoms with E-state index in [9.17, 15) is 0 Å². The first-order chi connectivity index (χ1) is 7.77. The van der Waals surface area contributed by atoms with Crippen molar-refractivity contribution in [1.82, 2.24) is 4.90 Å². The maximum atomic E-state index is 6.02. The summed E-state index contributed by atoms with van der Waals surface area (Å²) in [5.74, 6) is 2.51. The van der Waals surface area contributed by atoms with Gasteiger partial charge in [-0.2, -0.15) is 11.8 Å². The molecule has 1 aromatic heterocycles. The standard InChI is InChI=1S/C12H20N2S2/c1-14(9-11-3-2-6-16-11)12(10-13)4-7-15-8-5-12/h2-3,6H,4-5,7-10,13H2,1H3. The Labute approximate surface area is 106 Å². The Morgan fingerprint density at radius 3 is 2.75 bits per heavy atom. The van der Waals surface area contributed by atoms with E-state index >= 15 is 0 Å². The zero-order valence-corrected chi connectivity index (χ0v) is 11.4. The lowest BCUT2D eigenvalue weighted by molar-refractivity contribution is 0.109. The van der Waals surface area contributed by atoms with Gasteiger partial charge in [0.05, 0.1) is 0 Å². The quantitative estimate of drug-likeness (QED) is 0.897. The molecule has 0 aromatic carbocycles. The third-order valence-corrected chi connectivity index (χ3v) is 5.43. The van der Waals surface area contributed by atoms with Crippen LogP contribution in [0.3, 0.4) is 0 Å². The van der Waals surface area contributed by atoms with Crippen molar-refractivity contribution in [3.63, 3.8) is 0 Å². The summed E-state index contributed by atoms with van der Waals surface area (Å²) in [6.45, 7) is 1.83. The second-order valence-corrected chi connectivity index (χ2v) is 6.73. The molecular formula is C12H20N2S2. The molecule has 2 heterocycles. The van der Waals surface area contributed by atoms with Crippen molar-refractivity contribution in [3.05, 3.63) is 22.4 Å². The first-order valence-electron chi connectivity index (χ1n) is 5.78. The third-order valence-electron chi connectivity index (χ3n) is 3.59. The maximum absolute atomic E-state index is 6.02. The Kier molecular flexibility index (Phi) is 4.30. The number of likely N-dealkylation sites (N-methyl/N-ethyl adjacent to an activating group) is 1. The molecule has 16 heavy (non-hydrogen) atoms. The Morgan fingerprint density at radius 2 is 2.19 bits per heavy atom. The van der Waals surface area contributed by atoms with Crippen LogP contribution in [-0.4, -0.2) is 35.5 Å². The second kappa shape index (κ2) is 5.54. The summed E-state index contributed by atoms with van der Waals surface area (Å²) in [5.41, 5.74) is 6.27. The van der Waals surface area contributed by atoms with Crippen molar-refractivity contribution in [2.24, 2.45) is 5.73 Å². The van der Waals surface area contributed by atoms with Crippen LogP contribution in [0.1, 0.15) is 17.7 Å². The van der Waals surface area contributed by atoms with Gasteiger partial charge in [-0.25, -0.2) is 0 Å². The van der Waals surface area contributed by atoms with Gasteiger partial charge in [0.2, 0.25) is 0 Å². The maximum Gasteiger partial charge on any atom is 0.0348 e. The summed E-state index contributed by atoms with van der Waals surface area (Å²) in [7, 11) is 2.22. The molecule has 1 saturated heterocycles. The minimum absolute atomic E-state index is 0.245. The van der Waals surface area contributed by atoms with Crippen molar-refractivity contribution in [2.45, 2.75) is 24.9 Å². The molecule has 0 saturated carbocycles. The fourth-order valence-corrected chi connectivity index (χ4v) is 4.31. The molecule has 2 rings (SSSR count). The van der Waals surface area contributed by atoms with E-state index in [4.69, 9.17) is 5.73 Å². The molecule has 0 amide bonds. The highest BCUT2D eigenvalue weighted by atomic mass is 32.2. The van der Waals surface area contributed by atoms with E-state index in [-0.39, 0.29) is 5.54 Å². The van der Waals surface area contributed by atoms with Crippen LogP contribution in [0.2, 0.25) is 0 Å². The summed E-state index contributed by atoms with van der Waals surface area (Å²) < 4.78 is 0. The average Bonchev–Trinajstić information content (AvgIpc) is 2.82. The Balaban J connectivity index is 2.02. The van der Waals surface area contributed by atoms with Gasteiger partial charge in [0.25, 0.3) is 0 Å². The molecule has 1 aromatic rings. The first kappa shape index (κ1) is 12.4. The van der Waals surface area contributed by atoms with Gasteiger partial charge in [0.1, 0.15) is 0 Å². The van der Waals surface area contributed by atoms with Gasteiger partial charge >= 0.3 is 0 Å². The van der Waals surface area contributed by atoms with Crippen LogP contribution in [0.15, 0.2) is 17.5 Å². The van der Waals surface area contributed by atoms with Gasteiger partial charge in [-0.05, 0) is 42.8 Å². The van der Waals surface area contributed by atoms with Crippen molar-refractivity contribution in [2.75, 3.05) is 25.1 Å². The summed E-state index contributed by atoms with van der Waals surface area (Å²) in [6, 6.07) is 4.34. The zero-order valence-electron chi connectivity index (χ0n) is 9.82. The predicted molar refractivity (Wildman–Crippen MR) is 74.1 cm³/mol. The highest BCUT2D eigenvalue weighted by Gasteiger charge is 2.34. The molecule has 4 heteroatoms. The van der Waals surface area contributed by atoms with Gasteiger partial charge < -0.3 is 5.73 Å².